The summed E-state index contributed by atoms with van der Waals surface area (Å²) in [5.41, 5.74) is 0. The minimum Gasteiger partial charge on any atom is -0.497 e. The van der Waals surface area contributed by atoms with Gasteiger partial charge in [-0.3, -0.25) is 4.79 Å². The molecule has 6 heteroatoms. The third-order valence-corrected chi connectivity index (χ3v) is 2.57. The van der Waals surface area contributed by atoms with Gasteiger partial charge in [-0.25, -0.2) is 4.79 Å². The Labute approximate surface area is 116 Å². The van der Waals surface area contributed by atoms with E-state index in [1.165, 1.54) is 20.1 Å². The molecule has 104 valence electrons. The lowest BCUT2D eigenvalue weighted by atomic mass is 10.2. The third-order valence-electron chi connectivity index (χ3n) is 2.25. The topological polar surface area (TPSA) is 61.8 Å². The molecule has 0 aliphatic carbocycles. The van der Waals surface area contributed by atoms with Crippen LogP contribution in [0.1, 0.15) is 13.8 Å². The Morgan fingerprint density at radius 1 is 1.37 bits per heavy atom. The molecule has 0 fully saturated rings. The van der Waals surface area contributed by atoms with Crippen LogP contribution in [-0.2, 0) is 14.3 Å². The van der Waals surface area contributed by atoms with Gasteiger partial charge in [-0.1, -0.05) is 11.6 Å². The smallest absolute Gasteiger partial charge is 0.355 e. The van der Waals surface area contributed by atoms with Crippen LogP contribution in [0.15, 0.2) is 18.2 Å². The van der Waals surface area contributed by atoms with E-state index >= 15 is 0 Å². The molecule has 0 saturated heterocycles. The highest BCUT2D eigenvalue weighted by Gasteiger charge is 2.27. The highest BCUT2D eigenvalue weighted by atomic mass is 35.5. The van der Waals surface area contributed by atoms with Gasteiger partial charge in [0.25, 0.3) is 6.10 Å². The van der Waals surface area contributed by atoms with Crippen molar-refractivity contribution in [2.75, 3.05) is 13.7 Å². The zero-order valence-electron chi connectivity index (χ0n) is 10.9. The fourth-order valence-electron chi connectivity index (χ4n) is 1.34. The molecule has 0 radical (unpaired) electrons. The Hall–Kier alpha value is -1.75. The fraction of sp³-hybridized carbons (Fsp3) is 0.385. The molecule has 0 N–H and O–H groups in total. The van der Waals surface area contributed by atoms with Gasteiger partial charge in [0.15, 0.2) is 5.78 Å². The van der Waals surface area contributed by atoms with Crippen LogP contribution in [0.25, 0.3) is 0 Å². The lowest BCUT2D eigenvalue weighted by Crippen LogP contribution is -2.35. The number of Topliss-reactive ketones (excluding diaryl/α,β-unsaturated/α-hetero) is 1. The molecule has 0 bridgehead atoms. The molecule has 0 aliphatic rings. The largest absolute Gasteiger partial charge is 0.497 e. The monoisotopic (exact) mass is 286 g/mol. The molecule has 1 aromatic carbocycles. The number of methoxy groups -OCH3 is 1. The molecule has 5 nitrogen and oxygen atoms in total. The number of carbonyl (C=O) groups excluding carboxylic acids is 2. The van der Waals surface area contributed by atoms with Crippen molar-refractivity contribution in [1.29, 1.82) is 0 Å². The number of ketones is 1. The normalized spacial score (nSPS) is 11.6. The number of halogens is 1. The minimum atomic E-state index is -1.33. The number of ether oxygens (including phenoxy) is 3. The van der Waals surface area contributed by atoms with E-state index in [-0.39, 0.29) is 17.4 Å². The summed E-state index contributed by atoms with van der Waals surface area (Å²) in [7, 11) is 1.49. The van der Waals surface area contributed by atoms with Gasteiger partial charge in [-0.15, -0.1) is 0 Å². The van der Waals surface area contributed by atoms with Gasteiger partial charge >= 0.3 is 5.97 Å². The predicted octanol–water partition coefficient (Wildman–Crippen LogP) is 2.25. The van der Waals surface area contributed by atoms with Crippen LogP contribution in [0.4, 0.5) is 0 Å². The number of benzene rings is 1. The zero-order valence-corrected chi connectivity index (χ0v) is 11.7. The Bertz CT molecular complexity index is 472. The molecule has 0 saturated carbocycles. The van der Waals surface area contributed by atoms with E-state index in [4.69, 9.17) is 25.8 Å². The van der Waals surface area contributed by atoms with Crippen LogP contribution in [0.2, 0.25) is 5.02 Å². The van der Waals surface area contributed by atoms with Crippen LogP contribution in [0.3, 0.4) is 0 Å². The van der Waals surface area contributed by atoms with Crippen molar-refractivity contribution in [2.24, 2.45) is 0 Å². The molecular formula is C13H15ClO5. The lowest BCUT2D eigenvalue weighted by Gasteiger charge is -2.16. The Morgan fingerprint density at radius 3 is 2.58 bits per heavy atom. The third kappa shape index (κ3) is 4.13. The second-order valence-electron chi connectivity index (χ2n) is 3.66. The van der Waals surface area contributed by atoms with Crippen molar-refractivity contribution in [3.8, 4) is 11.5 Å². The van der Waals surface area contributed by atoms with Crippen LogP contribution < -0.4 is 9.47 Å². The number of carbonyl (C=O) groups is 2. The van der Waals surface area contributed by atoms with Crippen LogP contribution in [0, 0.1) is 0 Å². The first-order valence-corrected chi connectivity index (χ1v) is 6.04. The maximum atomic E-state index is 11.6. The number of esters is 1. The molecule has 0 aliphatic heterocycles. The highest BCUT2D eigenvalue weighted by Crippen LogP contribution is 2.29. The Kier molecular flexibility index (Phi) is 5.63. The molecule has 1 aromatic rings. The van der Waals surface area contributed by atoms with E-state index in [9.17, 15) is 9.59 Å². The maximum Gasteiger partial charge on any atom is 0.355 e. The average Bonchev–Trinajstić information content (AvgIpc) is 2.37. The van der Waals surface area contributed by atoms with Gasteiger partial charge in [0.1, 0.15) is 11.5 Å². The Balaban J connectivity index is 2.96. The van der Waals surface area contributed by atoms with E-state index in [0.29, 0.717) is 5.75 Å². The van der Waals surface area contributed by atoms with Crippen molar-refractivity contribution < 1.29 is 23.8 Å². The van der Waals surface area contributed by atoms with Gasteiger partial charge in [0.05, 0.1) is 18.7 Å². The van der Waals surface area contributed by atoms with Crippen molar-refractivity contribution in [3.05, 3.63) is 23.2 Å². The summed E-state index contributed by atoms with van der Waals surface area (Å²) in [6.45, 7) is 3.06. The molecule has 1 unspecified atom stereocenters. The van der Waals surface area contributed by atoms with E-state index in [1.807, 2.05) is 0 Å². The fourth-order valence-corrected chi connectivity index (χ4v) is 1.51. The lowest BCUT2D eigenvalue weighted by molar-refractivity contribution is -0.154. The molecule has 19 heavy (non-hydrogen) atoms. The van der Waals surface area contributed by atoms with Gasteiger partial charge in [0, 0.05) is 6.07 Å². The molecule has 1 atom stereocenters. The standard InChI is InChI=1S/C13H15ClO5/c1-4-18-13(16)12(8(2)15)19-11-7-9(17-3)5-6-10(11)14/h5-7,12H,4H2,1-3H3. The van der Waals surface area contributed by atoms with Gasteiger partial charge in [-0.05, 0) is 26.0 Å². The summed E-state index contributed by atoms with van der Waals surface area (Å²) >= 11 is 5.94. The Morgan fingerprint density at radius 2 is 2.05 bits per heavy atom. The van der Waals surface area contributed by atoms with Crippen LogP contribution in [0.5, 0.6) is 11.5 Å². The van der Waals surface area contributed by atoms with E-state index < -0.39 is 17.9 Å². The van der Waals surface area contributed by atoms with Crippen molar-refractivity contribution >= 4 is 23.4 Å². The molecule has 0 aromatic heterocycles. The molecule has 1 rings (SSSR count). The molecule has 0 amide bonds. The average molecular weight is 287 g/mol. The second kappa shape index (κ2) is 6.99. The molecule has 0 spiro atoms. The number of rotatable bonds is 6. The van der Waals surface area contributed by atoms with E-state index in [0.717, 1.165) is 0 Å². The quantitative estimate of drug-likeness (QED) is 0.593. The van der Waals surface area contributed by atoms with Crippen LogP contribution >= 0.6 is 11.6 Å². The van der Waals surface area contributed by atoms with E-state index in [1.54, 1.807) is 19.1 Å². The first-order chi connectivity index (χ1) is 8.99. The van der Waals surface area contributed by atoms with Crippen molar-refractivity contribution in [3.63, 3.8) is 0 Å². The van der Waals surface area contributed by atoms with Crippen LogP contribution in [-0.4, -0.2) is 31.6 Å². The zero-order chi connectivity index (χ0) is 14.4. The second-order valence-corrected chi connectivity index (χ2v) is 4.06. The number of hydrogen-bond acceptors (Lipinski definition) is 5. The summed E-state index contributed by atoms with van der Waals surface area (Å²) in [6.07, 6.45) is -1.33. The highest BCUT2D eigenvalue weighted by molar-refractivity contribution is 6.32. The first-order valence-electron chi connectivity index (χ1n) is 5.66. The summed E-state index contributed by atoms with van der Waals surface area (Å²) in [4.78, 5) is 23.0. The van der Waals surface area contributed by atoms with Crippen molar-refractivity contribution in [1.82, 2.24) is 0 Å². The summed E-state index contributed by atoms with van der Waals surface area (Å²) in [6, 6.07) is 4.69. The van der Waals surface area contributed by atoms with Gasteiger partial charge in [0.2, 0.25) is 0 Å². The van der Waals surface area contributed by atoms with E-state index in [2.05, 4.69) is 0 Å². The summed E-state index contributed by atoms with van der Waals surface area (Å²) < 4.78 is 15.1. The first kappa shape index (κ1) is 15.3. The SMILES string of the molecule is CCOC(=O)C(Oc1cc(OC)ccc1Cl)C(C)=O. The maximum absolute atomic E-state index is 11.6. The van der Waals surface area contributed by atoms with Gasteiger partial charge in [-0.2, -0.15) is 0 Å². The molecule has 0 heterocycles. The molecular weight excluding hydrogens is 272 g/mol. The predicted molar refractivity (Wildman–Crippen MR) is 69.7 cm³/mol. The summed E-state index contributed by atoms with van der Waals surface area (Å²) in [5, 5.41) is 0.274. The van der Waals surface area contributed by atoms with Gasteiger partial charge < -0.3 is 14.2 Å². The number of hydrogen-bond donors (Lipinski definition) is 0. The minimum absolute atomic E-state index is 0.165. The summed E-state index contributed by atoms with van der Waals surface area (Å²) in [5.74, 6) is -0.508. The van der Waals surface area contributed by atoms with Crippen molar-refractivity contribution in [2.45, 2.75) is 20.0 Å².